The Morgan fingerprint density at radius 2 is 1.79 bits per heavy atom. The molecule has 5 rings (SSSR count). The van der Waals surface area contributed by atoms with Gasteiger partial charge in [0.25, 0.3) is 0 Å². The summed E-state index contributed by atoms with van der Waals surface area (Å²) in [5.41, 5.74) is 6.17. The largest absolute Gasteiger partial charge is 0.489 e. The Labute approximate surface area is 172 Å². The van der Waals surface area contributed by atoms with Gasteiger partial charge in [-0.15, -0.1) is 0 Å². The van der Waals surface area contributed by atoms with Crippen LogP contribution in [0.2, 0.25) is 0 Å². The third-order valence-electron chi connectivity index (χ3n) is 5.38. The molecule has 140 valence electrons. The van der Waals surface area contributed by atoms with E-state index in [4.69, 9.17) is 4.74 Å². The second-order valence-corrected chi connectivity index (χ2v) is 8.07. The predicted octanol–water partition coefficient (Wildman–Crippen LogP) is 5.74. The van der Waals surface area contributed by atoms with Crippen LogP contribution in [-0.2, 0) is 13.0 Å². The molecule has 0 radical (unpaired) electrons. The number of halogens is 1. The van der Waals surface area contributed by atoms with Gasteiger partial charge in [-0.1, -0.05) is 64.5 Å². The van der Waals surface area contributed by atoms with Crippen molar-refractivity contribution in [2.75, 3.05) is 6.54 Å². The number of hydrogen-bond donors (Lipinski definition) is 2. The highest BCUT2D eigenvalue weighted by Gasteiger charge is 2.27. The molecule has 0 fully saturated rings. The van der Waals surface area contributed by atoms with Gasteiger partial charge in [0.15, 0.2) is 0 Å². The van der Waals surface area contributed by atoms with Gasteiger partial charge in [0.05, 0.1) is 6.04 Å². The average molecular weight is 433 g/mol. The lowest BCUT2D eigenvalue weighted by Crippen LogP contribution is -2.30. The number of hydrogen-bond acceptors (Lipinski definition) is 2. The van der Waals surface area contributed by atoms with Crippen LogP contribution >= 0.6 is 15.9 Å². The molecule has 1 aliphatic rings. The molecule has 0 bridgehead atoms. The van der Waals surface area contributed by atoms with Crippen LogP contribution < -0.4 is 10.1 Å². The van der Waals surface area contributed by atoms with E-state index in [1.54, 1.807) is 0 Å². The van der Waals surface area contributed by atoms with Gasteiger partial charge in [0.1, 0.15) is 12.4 Å². The molecule has 28 heavy (non-hydrogen) atoms. The number of aromatic amines is 1. The fourth-order valence-corrected chi connectivity index (χ4v) is 4.41. The minimum Gasteiger partial charge on any atom is -0.489 e. The van der Waals surface area contributed by atoms with Gasteiger partial charge in [-0.25, -0.2) is 0 Å². The number of fused-ring (bicyclic) bond motifs is 3. The molecule has 0 aliphatic carbocycles. The van der Waals surface area contributed by atoms with E-state index in [1.165, 1.54) is 33.3 Å². The minimum absolute atomic E-state index is 0.0990. The topological polar surface area (TPSA) is 37.0 Å². The lowest BCUT2D eigenvalue weighted by Gasteiger charge is -2.26. The fourth-order valence-electron chi connectivity index (χ4n) is 4.05. The fraction of sp³-hybridized carbons (Fsp3) is 0.167. The number of para-hydroxylation sites is 1. The lowest BCUT2D eigenvalue weighted by molar-refractivity contribution is 0.300. The molecule has 1 unspecified atom stereocenters. The Morgan fingerprint density at radius 3 is 2.68 bits per heavy atom. The molecule has 3 aromatic carbocycles. The molecule has 4 aromatic rings. The van der Waals surface area contributed by atoms with Crippen molar-refractivity contribution in [2.24, 2.45) is 0 Å². The summed E-state index contributed by atoms with van der Waals surface area (Å²) in [4.78, 5) is 3.65. The Balaban J connectivity index is 1.52. The smallest absolute Gasteiger partial charge is 0.124 e. The standard InChI is InChI=1S/C24H21BrN2O/c25-17-10-11-21-20(14-17)18-12-13-26-23(24(18)27-21)19-8-4-5-9-22(19)28-15-16-6-2-1-3-7-16/h1-11,14,23,26-27H,12-13,15H2. The molecule has 2 N–H and O–H groups in total. The van der Waals surface area contributed by atoms with Crippen LogP contribution in [0.4, 0.5) is 0 Å². The van der Waals surface area contributed by atoms with E-state index in [2.05, 4.69) is 74.8 Å². The summed E-state index contributed by atoms with van der Waals surface area (Å²) < 4.78 is 7.34. The molecule has 1 aliphatic heterocycles. The summed E-state index contributed by atoms with van der Waals surface area (Å²) in [5, 5.41) is 4.99. The van der Waals surface area contributed by atoms with Crippen LogP contribution in [0.5, 0.6) is 5.75 Å². The molecule has 0 saturated heterocycles. The number of aromatic nitrogens is 1. The van der Waals surface area contributed by atoms with Crippen LogP contribution in [0, 0.1) is 0 Å². The summed E-state index contributed by atoms with van der Waals surface area (Å²) in [6, 6.07) is 25.2. The maximum absolute atomic E-state index is 6.22. The van der Waals surface area contributed by atoms with E-state index in [1.807, 2.05) is 24.3 Å². The van der Waals surface area contributed by atoms with Gasteiger partial charge >= 0.3 is 0 Å². The molecular weight excluding hydrogens is 412 g/mol. The molecule has 1 atom stereocenters. The van der Waals surface area contributed by atoms with Crippen molar-refractivity contribution in [3.8, 4) is 5.75 Å². The number of H-pyrrole nitrogens is 1. The number of benzene rings is 3. The van der Waals surface area contributed by atoms with Crippen molar-refractivity contribution >= 4 is 26.8 Å². The van der Waals surface area contributed by atoms with E-state index in [0.29, 0.717) is 6.61 Å². The highest BCUT2D eigenvalue weighted by molar-refractivity contribution is 9.10. The van der Waals surface area contributed by atoms with Crippen molar-refractivity contribution in [1.29, 1.82) is 0 Å². The third-order valence-corrected chi connectivity index (χ3v) is 5.87. The predicted molar refractivity (Wildman–Crippen MR) is 117 cm³/mol. The van der Waals surface area contributed by atoms with Gasteiger partial charge in [-0.2, -0.15) is 0 Å². The molecule has 0 saturated carbocycles. The van der Waals surface area contributed by atoms with Crippen molar-refractivity contribution in [3.63, 3.8) is 0 Å². The monoisotopic (exact) mass is 432 g/mol. The van der Waals surface area contributed by atoms with Crippen molar-refractivity contribution in [3.05, 3.63) is 99.7 Å². The number of ether oxygens (including phenoxy) is 1. The zero-order chi connectivity index (χ0) is 18.9. The zero-order valence-electron chi connectivity index (χ0n) is 15.4. The first-order valence-corrected chi connectivity index (χ1v) is 10.4. The van der Waals surface area contributed by atoms with E-state index in [0.717, 1.165) is 23.2 Å². The molecule has 2 heterocycles. The van der Waals surface area contributed by atoms with Crippen LogP contribution in [-0.4, -0.2) is 11.5 Å². The summed E-state index contributed by atoms with van der Waals surface area (Å²) in [6.45, 7) is 1.52. The van der Waals surface area contributed by atoms with Gasteiger partial charge in [-0.05, 0) is 41.8 Å². The van der Waals surface area contributed by atoms with Crippen molar-refractivity contribution in [1.82, 2.24) is 10.3 Å². The molecule has 0 amide bonds. The summed E-state index contributed by atoms with van der Waals surface area (Å²) in [5.74, 6) is 0.927. The van der Waals surface area contributed by atoms with Crippen molar-refractivity contribution in [2.45, 2.75) is 19.1 Å². The SMILES string of the molecule is Brc1ccc2[nH]c3c(c2c1)CCNC3c1ccccc1OCc1ccccc1. The summed E-state index contributed by atoms with van der Waals surface area (Å²) in [6.07, 6.45) is 1.02. The first-order chi connectivity index (χ1) is 13.8. The zero-order valence-corrected chi connectivity index (χ0v) is 17.0. The van der Waals surface area contributed by atoms with E-state index in [-0.39, 0.29) is 6.04 Å². The molecule has 0 spiro atoms. The Kier molecular flexibility index (Phi) is 4.67. The first-order valence-electron chi connectivity index (χ1n) is 9.58. The van der Waals surface area contributed by atoms with Crippen LogP contribution in [0.15, 0.2) is 77.3 Å². The van der Waals surface area contributed by atoms with Gasteiger partial charge in [0.2, 0.25) is 0 Å². The summed E-state index contributed by atoms with van der Waals surface area (Å²) in [7, 11) is 0. The second-order valence-electron chi connectivity index (χ2n) is 7.16. The normalized spacial score (nSPS) is 16.1. The van der Waals surface area contributed by atoms with Gasteiger partial charge in [0, 0.05) is 33.2 Å². The highest BCUT2D eigenvalue weighted by Crippen LogP contribution is 2.37. The lowest BCUT2D eigenvalue weighted by atomic mass is 9.94. The van der Waals surface area contributed by atoms with Crippen molar-refractivity contribution < 1.29 is 4.74 Å². The average Bonchev–Trinajstić information content (AvgIpc) is 3.11. The minimum atomic E-state index is 0.0990. The number of rotatable bonds is 4. The van der Waals surface area contributed by atoms with Crippen LogP contribution in [0.1, 0.15) is 28.4 Å². The van der Waals surface area contributed by atoms with E-state index >= 15 is 0 Å². The molecule has 1 aromatic heterocycles. The third kappa shape index (κ3) is 3.23. The maximum Gasteiger partial charge on any atom is 0.124 e. The first kappa shape index (κ1) is 17.5. The Morgan fingerprint density at radius 1 is 0.964 bits per heavy atom. The van der Waals surface area contributed by atoms with Crippen LogP contribution in [0.25, 0.3) is 10.9 Å². The Bertz CT molecular complexity index is 1120. The van der Waals surface area contributed by atoms with Gasteiger partial charge < -0.3 is 15.0 Å². The van der Waals surface area contributed by atoms with E-state index < -0.39 is 0 Å². The number of nitrogens with one attached hydrogen (secondary N) is 2. The Hall–Kier alpha value is -2.56. The van der Waals surface area contributed by atoms with E-state index in [9.17, 15) is 0 Å². The van der Waals surface area contributed by atoms with Gasteiger partial charge in [-0.3, -0.25) is 0 Å². The summed E-state index contributed by atoms with van der Waals surface area (Å²) >= 11 is 3.61. The van der Waals surface area contributed by atoms with Crippen LogP contribution in [0.3, 0.4) is 0 Å². The molecule has 4 heteroatoms. The maximum atomic E-state index is 6.22. The second kappa shape index (κ2) is 7.46. The highest BCUT2D eigenvalue weighted by atomic mass is 79.9. The molecular formula is C24H21BrN2O. The quantitative estimate of drug-likeness (QED) is 0.431. The molecule has 3 nitrogen and oxygen atoms in total.